The van der Waals surface area contributed by atoms with Crippen LogP contribution in [0.5, 0.6) is 0 Å². The normalized spacial score (nSPS) is 12.8. The van der Waals surface area contributed by atoms with Crippen LogP contribution in [0, 0.1) is 18.3 Å². The SMILES string of the molecule is C#CC(C)/C=C/C=C/[O-].[Li+]. The standard InChI is InChI=1S/C8H10O.Li/c1-3-8(2)6-4-5-7-9;/h1,4-9H,2H3;/q;+1/p-1/b6-4+,7-5+;. The van der Waals surface area contributed by atoms with Crippen molar-refractivity contribution >= 4 is 0 Å². The van der Waals surface area contributed by atoms with Crippen LogP contribution in [0.1, 0.15) is 6.92 Å². The number of allylic oxidation sites excluding steroid dienone is 3. The fourth-order valence-corrected chi connectivity index (χ4v) is 0.332. The zero-order chi connectivity index (χ0) is 7.11. The van der Waals surface area contributed by atoms with Crippen LogP contribution in [-0.4, -0.2) is 0 Å². The fourth-order valence-electron chi connectivity index (χ4n) is 0.332. The van der Waals surface area contributed by atoms with Crippen molar-refractivity contribution in [2.45, 2.75) is 6.92 Å². The van der Waals surface area contributed by atoms with Crippen LogP contribution < -0.4 is 24.0 Å². The van der Waals surface area contributed by atoms with Crippen LogP contribution >= 0.6 is 0 Å². The predicted octanol–water partition coefficient (Wildman–Crippen LogP) is -2.31. The molecule has 0 saturated carbocycles. The number of hydrogen-bond donors (Lipinski definition) is 0. The molecule has 0 aromatic rings. The summed E-state index contributed by atoms with van der Waals surface area (Å²) in [5.41, 5.74) is 0. The monoisotopic (exact) mass is 128 g/mol. The first kappa shape index (κ1) is 12.1. The molecular weight excluding hydrogens is 119 g/mol. The molecule has 1 unspecified atom stereocenters. The molecule has 0 aromatic heterocycles. The molecule has 0 N–H and O–H groups in total. The summed E-state index contributed by atoms with van der Waals surface area (Å²) >= 11 is 0. The van der Waals surface area contributed by atoms with Gasteiger partial charge in [-0.15, -0.1) is 12.7 Å². The zero-order valence-electron chi connectivity index (χ0n) is 6.37. The van der Waals surface area contributed by atoms with Gasteiger partial charge >= 0.3 is 18.9 Å². The average Bonchev–Trinajstić information content (AvgIpc) is 1.89. The van der Waals surface area contributed by atoms with Gasteiger partial charge in [-0.05, 0) is 6.92 Å². The minimum absolute atomic E-state index is 0. The Morgan fingerprint density at radius 1 is 1.50 bits per heavy atom. The third-order valence-corrected chi connectivity index (χ3v) is 0.852. The number of hydrogen-bond acceptors (Lipinski definition) is 1. The summed E-state index contributed by atoms with van der Waals surface area (Å²) in [6, 6.07) is 0. The molecule has 1 atom stereocenters. The summed E-state index contributed by atoms with van der Waals surface area (Å²) in [6.07, 6.45) is 10.6. The maximum Gasteiger partial charge on any atom is 1.00 e. The quantitative estimate of drug-likeness (QED) is 0.177. The number of terminal acetylenes is 1. The molecule has 0 aliphatic heterocycles. The van der Waals surface area contributed by atoms with Gasteiger partial charge in [0.05, 0.1) is 0 Å². The van der Waals surface area contributed by atoms with Crippen LogP contribution in [0.3, 0.4) is 0 Å². The molecule has 1 nitrogen and oxygen atoms in total. The third-order valence-electron chi connectivity index (χ3n) is 0.852. The summed E-state index contributed by atoms with van der Waals surface area (Å²) in [7, 11) is 0. The molecule has 0 fully saturated rings. The van der Waals surface area contributed by atoms with Crippen LogP contribution in [0.2, 0.25) is 0 Å². The third kappa shape index (κ3) is 7.44. The Morgan fingerprint density at radius 3 is 2.50 bits per heavy atom. The van der Waals surface area contributed by atoms with Crippen LogP contribution in [-0.2, 0) is 0 Å². The van der Waals surface area contributed by atoms with Crippen molar-refractivity contribution in [3.63, 3.8) is 0 Å². The molecule has 0 bridgehead atoms. The molecule has 0 heterocycles. The Balaban J connectivity index is 0. The van der Waals surface area contributed by atoms with E-state index in [4.69, 9.17) is 6.42 Å². The topological polar surface area (TPSA) is 23.1 Å². The van der Waals surface area contributed by atoms with E-state index in [1.54, 1.807) is 12.2 Å². The summed E-state index contributed by atoms with van der Waals surface area (Å²) in [5.74, 6) is 2.61. The second-order valence-electron chi connectivity index (χ2n) is 1.67. The summed E-state index contributed by atoms with van der Waals surface area (Å²) < 4.78 is 0. The Morgan fingerprint density at radius 2 is 2.10 bits per heavy atom. The van der Waals surface area contributed by atoms with E-state index in [0.717, 1.165) is 6.26 Å². The summed E-state index contributed by atoms with van der Waals surface area (Å²) in [4.78, 5) is 0. The zero-order valence-corrected chi connectivity index (χ0v) is 6.37. The fraction of sp³-hybridized carbons (Fsp3) is 0.250. The molecule has 0 aliphatic carbocycles. The van der Waals surface area contributed by atoms with E-state index in [-0.39, 0.29) is 24.8 Å². The largest absolute Gasteiger partial charge is 1.00 e. The van der Waals surface area contributed by atoms with Gasteiger partial charge in [-0.1, -0.05) is 24.1 Å². The second-order valence-corrected chi connectivity index (χ2v) is 1.67. The minimum Gasteiger partial charge on any atom is -0.878 e. The van der Waals surface area contributed by atoms with Gasteiger partial charge in [-0.2, -0.15) is 0 Å². The predicted molar refractivity (Wildman–Crippen MR) is 36.3 cm³/mol. The molecule has 2 heteroatoms. The Labute approximate surface area is 74.0 Å². The van der Waals surface area contributed by atoms with Crippen LogP contribution in [0.4, 0.5) is 0 Å². The minimum atomic E-state index is 0. The van der Waals surface area contributed by atoms with Crippen LogP contribution in [0.25, 0.3) is 0 Å². The van der Waals surface area contributed by atoms with Gasteiger partial charge in [0.2, 0.25) is 0 Å². The van der Waals surface area contributed by atoms with Crippen molar-refractivity contribution in [3.05, 3.63) is 24.5 Å². The molecule has 48 valence electrons. The van der Waals surface area contributed by atoms with Gasteiger partial charge in [0.1, 0.15) is 0 Å². The first-order chi connectivity index (χ1) is 4.31. The molecule has 0 spiro atoms. The second kappa shape index (κ2) is 8.44. The van der Waals surface area contributed by atoms with Crippen LogP contribution in [0.15, 0.2) is 24.5 Å². The average molecular weight is 128 g/mol. The Hall–Kier alpha value is -0.563. The van der Waals surface area contributed by atoms with Crippen molar-refractivity contribution in [2.75, 3.05) is 0 Å². The first-order valence-electron chi connectivity index (χ1n) is 2.72. The van der Waals surface area contributed by atoms with Gasteiger partial charge in [0.25, 0.3) is 0 Å². The van der Waals surface area contributed by atoms with Gasteiger partial charge in [0, 0.05) is 5.92 Å². The maximum absolute atomic E-state index is 9.72. The molecule has 0 aliphatic rings. The molecule has 0 aromatic carbocycles. The molecule has 0 saturated heterocycles. The summed E-state index contributed by atoms with van der Waals surface area (Å²) in [6.45, 7) is 1.88. The van der Waals surface area contributed by atoms with Crippen molar-refractivity contribution in [2.24, 2.45) is 5.92 Å². The van der Waals surface area contributed by atoms with E-state index in [2.05, 4.69) is 5.92 Å². The molecule has 0 amide bonds. The van der Waals surface area contributed by atoms with E-state index in [9.17, 15) is 5.11 Å². The van der Waals surface area contributed by atoms with E-state index in [0.29, 0.717) is 0 Å². The summed E-state index contributed by atoms with van der Waals surface area (Å²) in [5, 5.41) is 9.72. The molecule has 0 rings (SSSR count). The molecule has 10 heavy (non-hydrogen) atoms. The first-order valence-corrected chi connectivity index (χ1v) is 2.72. The Kier molecular flexibility index (Phi) is 10.2. The van der Waals surface area contributed by atoms with Crippen molar-refractivity contribution in [1.82, 2.24) is 0 Å². The van der Waals surface area contributed by atoms with E-state index >= 15 is 0 Å². The van der Waals surface area contributed by atoms with Gasteiger partial charge in [-0.3, -0.25) is 0 Å². The molecular formula is C8H9LiO. The smallest absolute Gasteiger partial charge is 0.878 e. The van der Waals surface area contributed by atoms with Gasteiger partial charge < -0.3 is 5.11 Å². The maximum atomic E-state index is 9.72. The van der Waals surface area contributed by atoms with Crippen molar-refractivity contribution in [3.8, 4) is 12.3 Å². The van der Waals surface area contributed by atoms with Crippen molar-refractivity contribution < 1.29 is 24.0 Å². The Bertz CT molecular complexity index is 153. The van der Waals surface area contributed by atoms with Gasteiger partial charge in [-0.25, -0.2) is 0 Å². The molecule has 0 radical (unpaired) electrons. The van der Waals surface area contributed by atoms with E-state index in [1.165, 1.54) is 6.08 Å². The number of rotatable bonds is 2. The van der Waals surface area contributed by atoms with E-state index in [1.807, 2.05) is 6.92 Å². The van der Waals surface area contributed by atoms with Crippen molar-refractivity contribution in [1.29, 1.82) is 0 Å². The van der Waals surface area contributed by atoms with E-state index < -0.39 is 0 Å². The van der Waals surface area contributed by atoms with Gasteiger partial charge in [0.15, 0.2) is 0 Å².